The van der Waals surface area contributed by atoms with Gasteiger partial charge in [-0.1, -0.05) is 72.8 Å². The summed E-state index contributed by atoms with van der Waals surface area (Å²) in [5, 5.41) is 11.9. The number of carboxylic acid groups (broad SMARTS) is 1. The number of carbonyl (C=O) groups excluding carboxylic acids is 2. The van der Waals surface area contributed by atoms with E-state index >= 15 is 0 Å². The van der Waals surface area contributed by atoms with E-state index in [0.29, 0.717) is 5.56 Å². The highest BCUT2D eigenvalue weighted by Crippen LogP contribution is 2.45. The third-order valence-electron chi connectivity index (χ3n) is 6.42. The molecule has 0 fully saturated rings. The highest BCUT2D eigenvalue weighted by Gasteiger charge is 2.53. The number of quaternary nitrogens is 1. The van der Waals surface area contributed by atoms with E-state index in [1.165, 1.54) is 0 Å². The van der Waals surface area contributed by atoms with E-state index in [0.717, 1.165) is 27.8 Å². The fraction of sp³-hybridized carbons (Fsp3) is 0.200. The molecule has 5 nitrogen and oxygen atoms in total. The Labute approximate surface area is 174 Å². The van der Waals surface area contributed by atoms with Crippen molar-refractivity contribution < 1.29 is 25.2 Å². The van der Waals surface area contributed by atoms with Crippen molar-refractivity contribution in [3.05, 3.63) is 95.1 Å². The maximum atomic E-state index is 13.2. The van der Waals surface area contributed by atoms with Crippen LogP contribution >= 0.6 is 0 Å². The summed E-state index contributed by atoms with van der Waals surface area (Å²) in [6.07, 6.45) is 0.153. The first kappa shape index (κ1) is 18.6. The Balaban J connectivity index is 1.45. The molecule has 0 radical (unpaired) electrons. The lowest BCUT2D eigenvalue weighted by Crippen LogP contribution is -2.82. The minimum Gasteiger partial charge on any atom is -0.544 e. The van der Waals surface area contributed by atoms with Gasteiger partial charge < -0.3 is 20.4 Å². The van der Waals surface area contributed by atoms with Gasteiger partial charge in [-0.05, 0) is 33.4 Å². The second-order valence-electron chi connectivity index (χ2n) is 8.11. The average molecular weight is 399 g/mol. The third-order valence-corrected chi connectivity index (χ3v) is 6.42. The van der Waals surface area contributed by atoms with Crippen molar-refractivity contribution in [2.24, 2.45) is 0 Å². The molecule has 5 heteroatoms. The number of carbonyl (C=O) groups is 2. The van der Waals surface area contributed by atoms with E-state index < -0.39 is 23.4 Å². The van der Waals surface area contributed by atoms with E-state index in [9.17, 15) is 14.7 Å². The van der Waals surface area contributed by atoms with E-state index in [4.69, 9.17) is 4.74 Å². The van der Waals surface area contributed by atoms with E-state index in [1.807, 2.05) is 48.5 Å². The first-order chi connectivity index (χ1) is 14.5. The lowest BCUT2D eigenvalue weighted by molar-refractivity contribution is -0.487. The highest BCUT2D eigenvalue weighted by atomic mass is 16.5. The Morgan fingerprint density at radius 2 is 1.43 bits per heavy atom. The summed E-state index contributed by atoms with van der Waals surface area (Å²) >= 11 is 0. The zero-order valence-corrected chi connectivity index (χ0v) is 16.3. The lowest BCUT2D eigenvalue weighted by atomic mass is 9.85. The van der Waals surface area contributed by atoms with E-state index in [2.05, 4.69) is 17.9 Å². The second kappa shape index (κ2) is 6.82. The van der Waals surface area contributed by atoms with Gasteiger partial charge in [0.15, 0.2) is 5.54 Å². The Bertz CT molecular complexity index is 1130. The quantitative estimate of drug-likeness (QED) is 0.671. The van der Waals surface area contributed by atoms with Crippen LogP contribution in [0.25, 0.3) is 11.1 Å². The average Bonchev–Trinajstić information content (AvgIpc) is 3.24. The van der Waals surface area contributed by atoms with Gasteiger partial charge in [0.2, 0.25) is 0 Å². The monoisotopic (exact) mass is 399 g/mol. The van der Waals surface area contributed by atoms with Crippen LogP contribution in [0.2, 0.25) is 0 Å². The molecule has 0 aliphatic heterocycles. The maximum Gasteiger partial charge on any atom is 0.320 e. The molecule has 150 valence electrons. The van der Waals surface area contributed by atoms with Gasteiger partial charge in [0, 0.05) is 12.3 Å². The molecule has 2 aliphatic carbocycles. The second-order valence-corrected chi connectivity index (χ2v) is 8.11. The van der Waals surface area contributed by atoms with Gasteiger partial charge in [-0.25, -0.2) is 0 Å². The van der Waals surface area contributed by atoms with Crippen molar-refractivity contribution in [3.63, 3.8) is 0 Å². The van der Waals surface area contributed by atoms with Crippen molar-refractivity contribution >= 4 is 11.9 Å². The van der Waals surface area contributed by atoms with Crippen LogP contribution in [0.1, 0.15) is 34.1 Å². The molecule has 3 aromatic carbocycles. The van der Waals surface area contributed by atoms with Crippen LogP contribution in [0.3, 0.4) is 0 Å². The Hall–Kier alpha value is -3.44. The van der Waals surface area contributed by atoms with E-state index in [-0.39, 0.29) is 18.9 Å². The van der Waals surface area contributed by atoms with Crippen molar-refractivity contribution in [1.82, 2.24) is 0 Å². The number of fused-ring (bicyclic) bond motifs is 4. The molecule has 3 N–H and O–H groups in total. The van der Waals surface area contributed by atoms with Gasteiger partial charge in [-0.15, -0.1) is 0 Å². The smallest absolute Gasteiger partial charge is 0.320 e. The molecule has 0 saturated carbocycles. The zero-order valence-electron chi connectivity index (χ0n) is 16.3. The van der Waals surface area contributed by atoms with Gasteiger partial charge in [-0.2, -0.15) is 0 Å². The topological polar surface area (TPSA) is 94.1 Å². The first-order valence-corrected chi connectivity index (χ1v) is 10.00. The highest BCUT2D eigenvalue weighted by molar-refractivity contribution is 5.92. The van der Waals surface area contributed by atoms with Crippen LogP contribution in [0.5, 0.6) is 0 Å². The molecule has 0 saturated heterocycles. The molecule has 5 rings (SSSR count). The largest absolute Gasteiger partial charge is 0.544 e. The van der Waals surface area contributed by atoms with Gasteiger partial charge in [-0.3, -0.25) is 4.79 Å². The molecule has 0 unspecified atom stereocenters. The summed E-state index contributed by atoms with van der Waals surface area (Å²) in [7, 11) is 0. The zero-order chi connectivity index (χ0) is 20.9. The third kappa shape index (κ3) is 2.66. The van der Waals surface area contributed by atoms with Crippen LogP contribution < -0.4 is 10.8 Å². The summed E-state index contributed by atoms with van der Waals surface area (Å²) in [6, 6.07) is 23.4. The maximum absolute atomic E-state index is 13.2. The molecule has 30 heavy (non-hydrogen) atoms. The lowest BCUT2D eigenvalue weighted by Gasteiger charge is -2.28. The fourth-order valence-corrected chi connectivity index (χ4v) is 4.95. The molecule has 0 spiro atoms. The molecule has 3 aromatic rings. The standard InChI is InChI=1S/C25H21NO4/c26-25(24(28)29)13-15-7-1-2-8-16(15)22(25)23(27)30-14-21-19-11-5-3-9-17(19)18-10-4-6-12-20(18)21/h1-12,21-22H,13-14,26H2,(H,28,29)/t22-,25-/m1/s1. The van der Waals surface area contributed by atoms with Crippen LogP contribution in [0.4, 0.5) is 0 Å². The van der Waals surface area contributed by atoms with E-state index in [1.54, 1.807) is 12.1 Å². The normalized spacial score (nSPS) is 21.6. The first-order valence-electron chi connectivity index (χ1n) is 10.00. The summed E-state index contributed by atoms with van der Waals surface area (Å²) in [4.78, 5) is 25.1. The number of benzene rings is 3. The number of ether oxygens (including phenoxy) is 1. The molecule has 0 aromatic heterocycles. The minimum absolute atomic E-state index is 0.0832. The summed E-state index contributed by atoms with van der Waals surface area (Å²) in [6.45, 7) is 0.147. The van der Waals surface area contributed by atoms with Crippen molar-refractivity contribution in [3.8, 4) is 11.1 Å². The van der Waals surface area contributed by atoms with Gasteiger partial charge in [0.1, 0.15) is 18.5 Å². The van der Waals surface area contributed by atoms with Crippen LogP contribution in [-0.4, -0.2) is 24.1 Å². The number of rotatable bonds is 4. The molecule has 0 amide bonds. The molecule has 0 heterocycles. The number of aliphatic carboxylic acids is 1. The summed E-state index contributed by atoms with van der Waals surface area (Å²) in [5.74, 6) is -2.97. The molecular formula is C25H21NO4. The summed E-state index contributed by atoms with van der Waals surface area (Å²) in [5.41, 5.74) is 8.27. The van der Waals surface area contributed by atoms with Gasteiger partial charge >= 0.3 is 5.97 Å². The number of hydrogen-bond acceptors (Lipinski definition) is 4. The van der Waals surface area contributed by atoms with Crippen molar-refractivity contribution in [2.45, 2.75) is 23.8 Å². The number of esters is 1. The van der Waals surface area contributed by atoms with Crippen LogP contribution in [0.15, 0.2) is 72.8 Å². The van der Waals surface area contributed by atoms with Crippen molar-refractivity contribution in [2.75, 3.05) is 6.61 Å². The summed E-state index contributed by atoms with van der Waals surface area (Å²) < 4.78 is 5.76. The van der Waals surface area contributed by atoms with Crippen molar-refractivity contribution in [1.29, 1.82) is 0 Å². The molecule has 2 aliphatic rings. The number of carboxylic acids is 1. The fourth-order valence-electron chi connectivity index (χ4n) is 4.95. The molecule has 2 atom stereocenters. The Morgan fingerprint density at radius 3 is 2.03 bits per heavy atom. The van der Waals surface area contributed by atoms with Gasteiger partial charge in [0.25, 0.3) is 0 Å². The SMILES string of the molecule is [NH3+][C@]1(C(=O)[O-])Cc2ccccc2[C@@H]1C(=O)OCC1c2ccccc2-c2ccccc21. The van der Waals surface area contributed by atoms with Gasteiger partial charge in [0.05, 0.1) is 0 Å². The minimum atomic E-state index is -1.56. The predicted molar refractivity (Wildman–Crippen MR) is 108 cm³/mol. The molecule has 0 bridgehead atoms. The Morgan fingerprint density at radius 1 is 0.900 bits per heavy atom. The predicted octanol–water partition coefficient (Wildman–Crippen LogP) is 1.41. The molecular weight excluding hydrogens is 378 g/mol. The van der Waals surface area contributed by atoms with Crippen LogP contribution in [0, 0.1) is 0 Å². The Kier molecular flexibility index (Phi) is 4.22. The van der Waals surface area contributed by atoms with Crippen LogP contribution in [-0.2, 0) is 20.7 Å². The number of hydrogen-bond donors (Lipinski definition) is 1.